The Morgan fingerprint density at radius 3 is 2.88 bits per heavy atom. The summed E-state index contributed by atoms with van der Waals surface area (Å²) in [6.45, 7) is 0.653. The Balaban J connectivity index is 0.00000225. The second-order valence-corrected chi connectivity index (χ2v) is 2.88. The first kappa shape index (κ1) is 14.7. The maximum absolute atomic E-state index is 12.7. The summed E-state index contributed by atoms with van der Waals surface area (Å²) in [5, 5.41) is 2.53. The lowest BCUT2D eigenvalue weighted by molar-refractivity contribution is -0.123. The van der Waals surface area contributed by atoms with Gasteiger partial charge in [0.2, 0.25) is 0 Å². The lowest BCUT2D eigenvalue weighted by Crippen LogP contribution is -2.32. The normalized spacial score (nSPS) is 9.12. The molecule has 0 unspecified atom stereocenters. The van der Waals surface area contributed by atoms with E-state index < -0.39 is 5.82 Å². The molecule has 0 fully saturated rings. The van der Waals surface area contributed by atoms with E-state index in [1.807, 2.05) is 0 Å². The molecule has 1 amide bonds. The van der Waals surface area contributed by atoms with Crippen LogP contribution in [0.1, 0.15) is 0 Å². The van der Waals surface area contributed by atoms with Gasteiger partial charge in [-0.05, 0) is 12.1 Å². The molecule has 0 bridgehead atoms. The first-order valence-electron chi connectivity index (χ1n) is 4.57. The summed E-state index contributed by atoms with van der Waals surface area (Å²) >= 11 is 0. The first-order valence-corrected chi connectivity index (χ1v) is 4.57. The van der Waals surface area contributed by atoms with Gasteiger partial charge >= 0.3 is 0 Å². The summed E-state index contributed by atoms with van der Waals surface area (Å²) in [5.74, 6) is -0.336. The summed E-state index contributed by atoms with van der Waals surface area (Å²) < 4.78 is 17.7. The molecule has 0 spiro atoms. The fourth-order valence-corrected chi connectivity index (χ4v) is 0.968. The molecular weight excluding hydrogens is 235 g/mol. The summed E-state index contributed by atoms with van der Waals surface area (Å²) in [6, 6.07) is 5.62. The van der Waals surface area contributed by atoms with E-state index >= 15 is 0 Å². The standard InChI is InChI=1S/C10H13FN2O2.ClH/c11-8-2-1-3-9(6-8)15-7-10(14)13-5-4-12;/h1-3,6H,4-5,7,12H2,(H,13,14);1H. The topological polar surface area (TPSA) is 64.3 Å². The number of carbonyl (C=O) groups excluding carboxylic acids is 1. The van der Waals surface area contributed by atoms with Crippen LogP contribution >= 0.6 is 12.4 Å². The van der Waals surface area contributed by atoms with Crippen molar-refractivity contribution in [1.82, 2.24) is 5.32 Å². The average molecular weight is 249 g/mol. The minimum Gasteiger partial charge on any atom is -0.484 e. The lowest BCUT2D eigenvalue weighted by Gasteiger charge is -2.06. The van der Waals surface area contributed by atoms with Gasteiger partial charge in [-0.25, -0.2) is 4.39 Å². The van der Waals surface area contributed by atoms with Gasteiger partial charge in [-0.3, -0.25) is 4.79 Å². The van der Waals surface area contributed by atoms with Crippen LogP contribution in [0.2, 0.25) is 0 Å². The lowest BCUT2D eigenvalue weighted by atomic mass is 10.3. The number of nitrogens with two attached hydrogens (primary N) is 1. The molecule has 0 aliphatic rings. The molecule has 0 aliphatic carbocycles. The van der Waals surface area contributed by atoms with E-state index in [9.17, 15) is 9.18 Å². The van der Waals surface area contributed by atoms with Crippen LogP contribution in [0.3, 0.4) is 0 Å². The van der Waals surface area contributed by atoms with Crippen molar-refractivity contribution in [2.45, 2.75) is 0 Å². The SMILES string of the molecule is Cl.NCCNC(=O)COc1cccc(F)c1. The van der Waals surface area contributed by atoms with Gasteiger partial charge in [0.25, 0.3) is 5.91 Å². The quantitative estimate of drug-likeness (QED) is 0.806. The van der Waals surface area contributed by atoms with Crippen LogP contribution in [0.4, 0.5) is 4.39 Å². The number of carbonyl (C=O) groups is 1. The Bertz CT molecular complexity index is 336. The van der Waals surface area contributed by atoms with Gasteiger partial charge in [0.05, 0.1) is 0 Å². The molecule has 1 aromatic carbocycles. The highest BCUT2D eigenvalue weighted by atomic mass is 35.5. The van der Waals surface area contributed by atoms with E-state index in [1.165, 1.54) is 18.2 Å². The van der Waals surface area contributed by atoms with Gasteiger partial charge in [0, 0.05) is 19.2 Å². The molecule has 1 aromatic rings. The second kappa shape index (κ2) is 7.90. The predicted octanol–water partition coefficient (Wildman–Crippen LogP) is 0.701. The molecule has 0 aromatic heterocycles. The van der Waals surface area contributed by atoms with E-state index in [0.29, 0.717) is 18.8 Å². The number of hydrogen-bond acceptors (Lipinski definition) is 3. The van der Waals surface area contributed by atoms with Gasteiger partial charge < -0.3 is 15.8 Å². The Kier molecular flexibility index (Phi) is 7.24. The number of ether oxygens (including phenoxy) is 1. The third kappa shape index (κ3) is 5.53. The molecule has 90 valence electrons. The van der Waals surface area contributed by atoms with Crippen LogP contribution in [-0.4, -0.2) is 25.6 Å². The Morgan fingerprint density at radius 2 is 2.25 bits per heavy atom. The number of halogens is 2. The van der Waals surface area contributed by atoms with Crippen LogP contribution in [-0.2, 0) is 4.79 Å². The largest absolute Gasteiger partial charge is 0.484 e. The second-order valence-electron chi connectivity index (χ2n) is 2.88. The van der Waals surface area contributed by atoms with E-state index in [1.54, 1.807) is 6.07 Å². The number of benzene rings is 1. The van der Waals surface area contributed by atoms with Crippen LogP contribution in [0.5, 0.6) is 5.75 Å². The number of amides is 1. The minimum absolute atomic E-state index is 0. The Labute approximate surface area is 99.4 Å². The molecule has 0 heterocycles. The van der Waals surface area contributed by atoms with Gasteiger partial charge in [0.15, 0.2) is 6.61 Å². The van der Waals surface area contributed by atoms with E-state index in [4.69, 9.17) is 10.5 Å². The zero-order chi connectivity index (χ0) is 11.1. The van der Waals surface area contributed by atoms with E-state index in [0.717, 1.165) is 0 Å². The zero-order valence-electron chi connectivity index (χ0n) is 8.61. The summed E-state index contributed by atoms with van der Waals surface area (Å²) in [6.07, 6.45) is 0. The van der Waals surface area contributed by atoms with Gasteiger partial charge in [-0.2, -0.15) is 0 Å². The molecule has 6 heteroatoms. The van der Waals surface area contributed by atoms with Crippen molar-refractivity contribution in [3.05, 3.63) is 30.1 Å². The van der Waals surface area contributed by atoms with Crippen LogP contribution in [0.25, 0.3) is 0 Å². The molecule has 0 radical (unpaired) electrons. The monoisotopic (exact) mass is 248 g/mol. The van der Waals surface area contributed by atoms with Crippen molar-refractivity contribution in [2.24, 2.45) is 5.73 Å². The molecular formula is C10H14ClFN2O2. The fourth-order valence-electron chi connectivity index (χ4n) is 0.968. The third-order valence-corrected chi connectivity index (χ3v) is 1.63. The van der Waals surface area contributed by atoms with Crippen molar-refractivity contribution in [3.63, 3.8) is 0 Å². The third-order valence-electron chi connectivity index (χ3n) is 1.63. The van der Waals surface area contributed by atoms with E-state index in [-0.39, 0.29) is 24.9 Å². The first-order chi connectivity index (χ1) is 7.22. The van der Waals surface area contributed by atoms with Crippen molar-refractivity contribution in [3.8, 4) is 5.75 Å². The van der Waals surface area contributed by atoms with Gasteiger partial charge in [-0.15, -0.1) is 12.4 Å². The average Bonchev–Trinajstić information content (AvgIpc) is 2.23. The highest BCUT2D eigenvalue weighted by Crippen LogP contribution is 2.11. The number of nitrogens with one attached hydrogen (secondary N) is 1. The van der Waals surface area contributed by atoms with Crippen LogP contribution in [0.15, 0.2) is 24.3 Å². The number of hydrogen-bond donors (Lipinski definition) is 2. The Hall–Kier alpha value is -1.33. The fraction of sp³-hybridized carbons (Fsp3) is 0.300. The molecule has 4 nitrogen and oxygen atoms in total. The van der Waals surface area contributed by atoms with Gasteiger partial charge in [0.1, 0.15) is 11.6 Å². The molecule has 1 rings (SSSR count). The predicted molar refractivity (Wildman–Crippen MR) is 61.2 cm³/mol. The molecule has 3 N–H and O–H groups in total. The molecule has 16 heavy (non-hydrogen) atoms. The van der Waals surface area contributed by atoms with E-state index in [2.05, 4.69) is 5.32 Å². The van der Waals surface area contributed by atoms with Crippen LogP contribution < -0.4 is 15.8 Å². The maximum atomic E-state index is 12.7. The minimum atomic E-state index is -0.394. The zero-order valence-corrected chi connectivity index (χ0v) is 9.43. The van der Waals surface area contributed by atoms with Crippen molar-refractivity contribution in [1.29, 1.82) is 0 Å². The summed E-state index contributed by atoms with van der Waals surface area (Å²) in [4.78, 5) is 11.1. The summed E-state index contributed by atoms with van der Waals surface area (Å²) in [7, 11) is 0. The highest BCUT2D eigenvalue weighted by molar-refractivity contribution is 5.85. The molecule has 0 aliphatic heterocycles. The Morgan fingerprint density at radius 1 is 1.50 bits per heavy atom. The highest BCUT2D eigenvalue weighted by Gasteiger charge is 2.01. The summed E-state index contributed by atoms with van der Waals surface area (Å²) in [5.41, 5.74) is 5.20. The molecule has 0 atom stereocenters. The number of rotatable bonds is 5. The van der Waals surface area contributed by atoms with Crippen LogP contribution in [0, 0.1) is 5.82 Å². The molecule has 0 saturated carbocycles. The van der Waals surface area contributed by atoms with Crippen molar-refractivity contribution in [2.75, 3.05) is 19.7 Å². The molecule has 0 saturated heterocycles. The smallest absolute Gasteiger partial charge is 0.257 e. The van der Waals surface area contributed by atoms with Crippen molar-refractivity contribution < 1.29 is 13.9 Å². The van der Waals surface area contributed by atoms with Crippen molar-refractivity contribution >= 4 is 18.3 Å². The van der Waals surface area contributed by atoms with Gasteiger partial charge in [-0.1, -0.05) is 6.07 Å². The maximum Gasteiger partial charge on any atom is 0.257 e.